The van der Waals surface area contributed by atoms with Gasteiger partial charge in [-0.05, 0) is 26.0 Å². The van der Waals surface area contributed by atoms with E-state index in [2.05, 4.69) is 20.6 Å². The molecular formula is C18H19N5O5. The molecule has 10 nitrogen and oxygen atoms in total. The van der Waals surface area contributed by atoms with Crippen LogP contribution in [0.25, 0.3) is 0 Å². The summed E-state index contributed by atoms with van der Waals surface area (Å²) in [7, 11) is 0. The summed E-state index contributed by atoms with van der Waals surface area (Å²) in [5.74, 6) is -0.326. The first-order chi connectivity index (χ1) is 13.3. The molecule has 0 fully saturated rings. The SMILES string of the molecule is Cc1nc(COc2ccccc2C(=O)Nc2cnn(C(C)(C)C(=O)O)c2)no1. The molecule has 0 aliphatic rings. The molecule has 1 aromatic carbocycles. The fraction of sp³-hybridized carbons (Fsp3) is 0.278. The molecule has 0 atom stereocenters. The molecule has 2 aromatic heterocycles. The maximum Gasteiger partial charge on any atom is 0.331 e. The molecule has 0 aliphatic carbocycles. The number of carboxylic acids is 1. The molecular weight excluding hydrogens is 366 g/mol. The summed E-state index contributed by atoms with van der Waals surface area (Å²) < 4.78 is 11.8. The lowest BCUT2D eigenvalue weighted by molar-refractivity contribution is -0.146. The number of nitrogens with zero attached hydrogens (tertiary/aromatic N) is 4. The number of benzene rings is 1. The highest BCUT2D eigenvalue weighted by atomic mass is 16.5. The second-order valence-corrected chi connectivity index (χ2v) is 6.51. The predicted molar refractivity (Wildman–Crippen MR) is 96.9 cm³/mol. The van der Waals surface area contributed by atoms with E-state index >= 15 is 0 Å². The molecule has 0 bridgehead atoms. The second-order valence-electron chi connectivity index (χ2n) is 6.51. The third-order valence-corrected chi connectivity index (χ3v) is 3.99. The van der Waals surface area contributed by atoms with Crippen LogP contribution in [-0.4, -0.2) is 36.9 Å². The number of nitrogens with one attached hydrogen (secondary N) is 1. The van der Waals surface area contributed by atoms with Crippen LogP contribution >= 0.6 is 0 Å². The molecule has 28 heavy (non-hydrogen) atoms. The van der Waals surface area contributed by atoms with E-state index in [4.69, 9.17) is 9.26 Å². The van der Waals surface area contributed by atoms with Crippen LogP contribution in [0.4, 0.5) is 5.69 Å². The fourth-order valence-electron chi connectivity index (χ4n) is 2.31. The molecule has 2 heterocycles. The highest BCUT2D eigenvalue weighted by Crippen LogP contribution is 2.22. The van der Waals surface area contributed by atoms with Crippen LogP contribution in [0.1, 0.15) is 35.9 Å². The molecule has 1 amide bonds. The summed E-state index contributed by atoms with van der Waals surface area (Å²) >= 11 is 0. The Morgan fingerprint density at radius 1 is 1.32 bits per heavy atom. The van der Waals surface area contributed by atoms with Gasteiger partial charge in [0.1, 0.15) is 5.75 Å². The Hall–Kier alpha value is -3.69. The van der Waals surface area contributed by atoms with Gasteiger partial charge in [0.2, 0.25) is 11.7 Å². The van der Waals surface area contributed by atoms with Crippen LogP contribution in [-0.2, 0) is 16.9 Å². The summed E-state index contributed by atoms with van der Waals surface area (Å²) in [6.45, 7) is 4.74. The summed E-state index contributed by atoms with van der Waals surface area (Å²) in [4.78, 5) is 28.0. The van der Waals surface area contributed by atoms with Gasteiger partial charge in [0.05, 0.1) is 17.4 Å². The van der Waals surface area contributed by atoms with E-state index in [1.54, 1.807) is 31.2 Å². The van der Waals surface area contributed by atoms with Gasteiger partial charge in [-0.15, -0.1) is 0 Å². The smallest absolute Gasteiger partial charge is 0.331 e. The zero-order valence-corrected chi connectivity index (χ0v) is 15.5. The topological polar surface area (TPSA) is 132 Å². The van der Waals surface area contributed by atoms with Crippen molar-refractivity contribution in [1.29, 1.82) is 0 Å². The predicted octanol–water partition coefficient (Wildman–Crippen LogP) is 2.23. The monoisotopic (exact) mass is 385 g/mol. The second kappa shape index (κ2) is 7.51. The number of para-hydroxylation sites is 1. The van der Waals surface area contributed by atoms with Crippen LogP contribution in [0.3, 0.4) is 0 Å². The van der Waals surface area contributed by atoms with Gasteiger partial charge in [-0.1, -0.05) is 17.3 Å². The number of hydrogen-bond donors (Lipinski definition) is 2. The number of hydrogen-bond acceptors (Lipinski definition) is 7. The van der Waals surface area contributed by atoms with E-state index in [-0.39, 0.29) is 6.61 Å². The van der Waals surface area contributed by atoms with Gasteiger partial charge in [0.15, 0.2) is 12.1 Å². The Morgan fingerprint density at radius 3 is 2.75 bits per heavy atom. The number of ether oxygens (including phenoxy) is 1. The van der Waals surface area contributed by atoms with E-state index in [1.807, 2.05) is 0 Å². The van der Waals surface area contributed by atoms with Gasteiger partial charge in [0.25, 0.3) is 5.91 Å². The number of carbonyl (C=O) groups is 2. The summed E-state index contributed by atoms with van der Waals surface area (Å²) in [5.41, 5.74) is -0.580. The zero-order valence-electron chi connectivity index (χ0n) is 15.5. The Bertz CT molecular complexity index is 1010. The number of aliphatic carboxylic acids is 1. The standard InChI is InChI=1S/C18H19N5O5/c1-11-20-15(22-28-11)10-27-14-7-5-4-6-13(14)16(24)21-12-8-19-23(9-12)18(2,3)17(25)26/h4-9H,10H2,1-3H3,(H,21,24)(H,25,26). The lowest BCUT2D eigenvalue weighted by atomic mass is 10.1. The minimum atomic E-state index is -1.24. The Labute approximate surface area is 160 Å². The first-order valence-corrected chi connectivity index (χ1v) is 8.38. The zero-order chi connectivity index (χ0) is 20.3. The van der Waals surface area contributed by atoms with E-state index in [0.717, 1.165) is 0 Å². The van der Waals surface area contributed by atoms with Crippen molar-refractivity contribution in [1.82, 2.24) is 19.9 Å². The minimum absolute atomic E-state index is 0.0480. The summed E-state index contributed by atoms with van der Waals surface area (Å²) in [5, 5.41) is 19.7. The van der Waals surface area contributed by atoms with Gasteiger partial charge < -0.3 is 19.7 Å². The third kappa shape index (κ3) is 4.00. The molecule has 0 saturated heterocycles. The lowest BCUT2D eigenvalue weighted by Crippen LogP contribution is -2.35. The van der Waals surface area contributed by atoms with Gasteiger partial charge in [-0.3, -0.25) is 9.48 Å². The molecule has 3 aromatic rings. The van der Waals surface area contributed by atoms with Crippen molar-refractivity contribution in [3.8, 4) is 5.75 Å². The van der Waals surface area contributed by atoms with Crippen molar-refractivity contribution in [2.45, 2.75) is 32.9 Å². The molecule has 0 radical (unpaired) electrons. The quantitative estimate of drug-likeness (QED) is 0.633. The van der Waals surface area contributed by atoms with Crippen molar-refractivity contribution in [2.75, 3.05) is 5.32 Å². The van der Waals surface area contributed by atoms with Gasteiger partial charge in [0, 0.05) is 13.1 Å². The first kappa shape index (κ1) is 19.1. The number of aryl methyl sites for hydroxylation is 1. The fourth-order valence-corrected chi connectivity index (χ4v) is 2.31. The van der Waals surface area contributed by atoms with Crippen LogP contribution in [0.5, 0.6) is 5.75 Å². The van der Waals surface area contributed by atoms with Gasteiger partial charge in [-0.25, -0.2) is 4.79 Å². The average Bonchev–Trinajstić information content (AvgIpc) is 3.29. The van der Waals surface area contributed by atoms with E-state index < -0.39 is 17.4 Å². The highest BCUT2D eigenvalue weighted by molar-refractivity contribution is 6.06. The minimum Gasteiger partial charge on any atom is -0.485 e. The maximum absolute atomic E-state index is 12.6. The Balaban J connectivity index is 1.73. The Morgan fingerprint density at radius 2 is 2.07 bits per heavy atom. The molecule has 0 spiro atoms. The number of amides is 1. The van der Waals surface area contributed by atoms with Crippen LogP contribution in [0.2, 0.25) is 0 Å². The van der Waals surface area contributed by atoms with Gasteiger partial charge in [-0.2, -0.15) is 10.1 Å². The molecule has 0 saturated carbocycles. The van der Waals surface area contributed by atoms with Crippen molar-refractivity contribution < 1.29 is 24.0 Å². The van der Waals surface area contributed by atoms with Crippen LogP contribution in [0, 0.1) is 6.92 Å². The normalized spacial score (nSPS) is 11.2. The molecule has 10 heteroatoms. The number of anilines is 1. The number of carboxylic acid groups (broad SMARTS) is 1. The number of carbonyl (C=O) groups excluding carboxylic acids is 1. The van der Waals surface area contributed by atoms with Crippen LogP contribution in [0.15, 0.2) is 41.2 Å². The molecule has 146 valence electrons. The molecule has 0 aliphatic heterocycles. The van der Waals surface area contributed by atoms with Crippen molar-refractivity contribution in [2.24, 2.45) is 0 Å². The van der Waals surface area contributed by atoms with Crippen molar-refractivity contribution >= 4 is 17.6 Å². The molecule has 3 rings (SSSR count). The van der Waals surface area contributed by atoms with Crippen molar-refractivity contribution in [3.63, 3.8) is 0 Å². The molecule has 0 unspecified atom stereocenters. The summed E-state index contributed by atoms with van der Waals surface area (Å²) in [6, 6.07) is 6.70. The summed E-state index contributed by atoms with van der Waals surface area (Å²) in [6.07, 6.45) is 2.84. The highest BCUT2D eigenvalue weighted by Gasteiger charge is 2.30. The van der Waals surface area contributed by atoms with Crippen molar-refractivity contribution in [3.05, 3.63) is 53.9 Å². The first-order valence-electron chi connectivity index (χ1n) is 8.38. The maximum atomic E-state index is 12.6. The number of aromatic nitrogens is 4. The van der Waals surface area contributed by atoms with Gasteiger partial charge >= 0.3 is 5.97 Å². The number of rotatable bonds is 7. The largest absolute Gasteiger partial charge is 0.485 e. The van der Waals surface area contributed by atoms with E-state index in [9.17, 15) is 14.7 Å². The third-order valence-electron chi connectivity index (χ3n) is 3.99. The van der Waals surface area contributed by atoms with E-state index in [0.29, 0.717) is 28.7 Å². The van der Waals surface area contributed by atoms with Crippen LogP contribution < -0.4 is 10.1 Å². The van der Waals surface area contributed by atoms with E-state index in [1.165, 1.54) is 30.9 Å². The Kier molecular flexibility index (Phi) is 5.12. The lowest BCUT2D eigenvalue weighted by Gasteiger charge is -2.19. The molecule has 2 N–H and O–H groups in total. The average molecular weight is 385 g/mol.